The van der Waals surface area contributed by atoms with Gasteiger partial charge in [0.1, 0.15) is 0 Å². The van der Waals surface area contributed by atoms with E-state index < -0.39 is 0 Å². The molecule has 0 spiro atoms. The summed E-state index contributed by atoms with van der Waals surface area (Å²) >= 11 is 0. The quantitative estimate of drug-likeness (QED) is 0.907. The average Bonchev–Trinajstić information content (AvgIpc) is 3.15. The Morgan fingerprint density at radius 3 is 3.14 bits per heavy atom. The molecule has 7 heteroatoms. The van der Waals surface area contributed by atoms with Crippen molar-refractivity contribution in [3.8, 4) is 0 Å². The molecule has 0 radical (unpaired) electrons. The van der Waals surface area contributed by atoms with E-state index in [1.165, 1.54) is 0 Å². The molecule has 118 valence electrons. The van der Waals surface area contributed by atoms with Gasteiger partial charge in [-0.05, 0) is 25.0 Å². The van der Waals surface area contributed by atoms with Gasteiger partial charge in [0.15, 0.2) is 11.5 Å². The zero-order valence-corrected chi connectivity index (χ0v) is 12.9. The lowest BCUT2D eigenvalue weighted by Crippen LogP contribution is -2.35. The number of nitrogens with one attached hydrogen (secondary N) is 2. The molecule has 2 amide bonds. The first kappa shape index (κ1) is 14.8. The van der Waals surface area contributed by atoms with E-state index >= 15 is 0 Å². The van der Waals surface area contributed by atoms with Gasteiger partial charge in [0.25, 0.3) is 0 Å². The van der Waals surface area contributed by atoms with Crippen molar-refractivity contribution in [3.63, 3.8) is 0 Å². The van der Waals surface area contributed by atoms with E-state index in [0.717, 1.165) is 25.3 Å². The molecule has 1 atom stereocenters. The molecule has 0 saturated carbocycles. The van der Waals surface area contributed by atoms with Gasteiger partial charge < -0.3 is 15.4 Å². The van der Waals surface area contributed by atoms with Crippen LogP contribution in [0.5, 0.6) is 0 Å². The zero-order chi connectivity index (χ0) is 15.5. The summed E-state index contributed by atoms with van der Waals surface area (Å²) in [5.41, 5.74) is 1.30. The number of anilines is 1. The summed E-state index contributed by atoms with van der Waals surface area (Å²) in [5, 5.41) is 10.1. The summed E-state index contributed by atoms with van der Waals surface area (Å²) < 4.78 is 7.17. The number of carbonyl (C=O) groups excluding carboxylic acids is 1. The molecule has 1 fully saturated rings. The highest BCUT2D eigenvalue weighted by Gasteiger charge is 2.17. The second-order valence-electron chi connectivity index (χ2n) is 5.78. The molecular formula is C15H21N5O2. The van der Waals surface area contributed by atoms with Gasteiger partial charge in [0.2, 0.25) is 0 Å². The van der Waals surface area contributed by atoms with Crippen LogP contribution in [0.25, 0.3) is 5.65 Å². The van der Waals surface area contributed by atoms with E-state index in [2.05, 4.69) is 20.7 Å². The van der Waals surface area contributed by atoms with Crippen LogP contribution >= 0.6 is 0 Å². The van der Waals surface area contributed by atoms with E-state index in [1.807, 2.05) is 32.2 Å². The van der Waals surface area contributed by atoms with Gasteiger partial charge in [-0.25, -0.2) is 14.3 Å². The van der Waals surface area contributed by atoms with Gasteiger partial charge in [-0.3, -0.25) is 0 Å². The number of pyridine rings is 1. The van der Waals surface area contributed by atoms with Crippen LogP contribution in [-0.2, 0) is 4.74 Å². The lowest BCUT2D eigenvalue weighted by Gasteiger charge is -2.11. The second-order valence-corrected chi connectivity index (χ2v) is 5.78. The summed E-state index contributed by atoms with van der Waals surface area (Å²) in [7, 11) is 0. The monoisotopic (exact) mass is 303 g/mol. The van der Waals surface area contributed by atoms with E-state index in [9.17, 15) is 4.79 Å². The number of ether oxygens (including phenoxy) is 1. The Balaban J connectivity index is 1.68. The van der Waals surface area contributed by atoms with E-state index in [0.29, 0.717) is 17.9 Å². The van der Waals surface area contributed by atoms with Crippen LogP contribution in [-0.4, -0.2) is 39.9 Å². The molecular weight excluding hydrogens is 282 g/mol. The molecule has 2 N–H and O–H groups in total. The summed E-state index contributed by atoms with van der Waals surface area (Å²) in [6.07, 6.45) is 4.01. The Bertz CT molecular complexity index is 661. The molecule has 2 aromatic heterocycles. The minimum absolute atomic E-state index is 0.127. The first-order chi connectivity index (χ1) is 10.6. The molecule has 2 aromatic rings. The normalized spacial score (nSPS) is 18.0. The number of fused-ring (bicyclic) bond motifs is 1. The predicted molar refractivity (Wildman–Crippen MR) is 83.1 cm³/mol. The van der Waals surface area contributed by atoms with Gasteiger partial charge in [0, 0.05) is 25.3 Å². The zero-order valence-electron chi connectivity index (χ0n) is 12.9. The number of rotatable bonds is 4. The Hall–Kier alpha value is -2.15. The molecule has 22 heavy (non-hydrogen) atoms. The van der Waals surface area contributed by atoms with Gasteiger partial charge in [-0.2, -0.15) is 5.10 Å². The van der Waals surface area contributed by atoms with Gasteiger partial charge in [-0.1, -0.05) is 13.8 Å². The molecule has 1 saturated heterocycles. The summed E-state index contributed by atoms with van der Waals surface area (Å²) in [6.45, 7) is 5.39. The first-order valence-corrected chi connectivity index (χ1v) is 7.65. The molecule has 3 heterocycles. The Labute approximate surface area is 129 Å². The number of urea groups is 1. The van der Waals surface area contributed by atoms with Crippen molar-refractivity contribution in [1.29, 1.82) is 0 Å². The summed E-state index contributed by atoms with van der Waals surface area (Å²) in [4.78, 5) is 16.5. The molecule has 0 bridgehead atoms. The van der Waals surface area contributed by atoms with E-state index in [1.54, 1.807) is 4.52 Å². The smallest absolute Gasteiger partial charge is 0.319 e. The average molecular weight is 303 g/mol. The molecule has 0 unspecified atom stereocenters. The topological polar surface area (TPSA) is 80.5 Å². The summed E-state index contributed by atoms with van der Waals surface area (Å²) in [6, 6.07) is 3.40. The largest absolute Gasteiger partial charge is 0.376 e. The van der Waals surface area contributed by atoms with Crippen molar-refractivity contribution in [3.05, 3.63) is 24.2 Å². The maximum absolute atomic E-state index is 12.0. The fraction of sp³-hybridized carbons (Fsp3) is 0.533. The lowest BCUT2D eigenvalue weighted by molar-refractivity contribution is 0.112. The van der Waals surface area contributed by atoms with Crippen molar-refractivity contribution in [2.75, 3.05) is 18.5 Å². The first-order valence-electron chi connectivity index (χ1n) is 7.65. The number of carbonyl (C=O) groups is 1. The van der Waals surface area contributed by atoms with Crippen LogP contribution in [0.2, 0.25) is 0 Å². The highest BCUT2D eigenvalue weighted by molar-refractivity contribution is 5.92. The minimum Gasteiger partial charge on any atom is -0.376 e. The fourth-order valence-corrected chi connectivity index (χ4v) is 2.44. The van der Waals surface area contributed by atoms with Crippen LogP contribution in [0.4, 0.5) is 10.5 Å². The van der Waals surface area contributed by atoms with Crippen molar-refractivity contribution in [1.82, 2.24) is 19.9 Å². The van der Waals surface area contributed by atoms with Crippen LogP contribution in [0, 0.1) is 0 Å². The van der Waals surface area contributed by atoms with Crippen LogP contribution in [0.3, 0.4) is 0 Å². The van der Waals surface area contributed by atoms with Crippen molar-refractivity contribution in [2.24, 2.45) is 0 Å². The third-order valence-electron chi connectivity index (χ3n) is 3.66. The number of nitrogens with zero attached hydrogens (tertiary/aromatic N) is 3. The minimum atomic E-state index is -0.252. The van der Waals surface area contributed by atoms with Crippen LogP contribution in [0.15, 0.2) is 18.3 Å². The van der Waals surface area contributed by atoms with E-state index in [4.69, 9.17) is 4.74 Å². The lowest BCUT2D eigenvalue weighted by atomic mass is 10.2. The van der Waals surface area contributed by atoms with Crippen molar-refractivity contribution >= 4 is 17.4 Å². The third kappa shape index (κ3) is 3.19. The molecule has 0 aromatic carbocycles. The van der Waals surface area contributed by atoms with Crippen molar-refractivity contribution < 1.29 is 9.53 Å². The predicted octanol–water partition coefficient (Wildman–Crippen LogP) is 2.15. The summed E-state index contributed by atoms with van der Waals surface area (Å²) in [5.74, 6) is 0.995. The number of aromatic nitrogens is 3. The van der Waals surface area contributed by atoms with Crippen LogP contribution < -0.4 is 10.6 Å². The van der Waals surface area contributed by atoms with E-state index in [-0.39, 0.29) is 18.1 Å². The number of hydrogen-bond donors (Lipinski definition) is 2. The highest BCUT2D eigenvalue weighted by atomic mass is 16.5. The Morgan fingerprint density at radius 2 is 2.41 bits per heavy atom. The van der Waals surface area contributed by atoms with Gasteiger partial charge in [0.05, 0.1) is 11.8 Å². The number of amides is 2. The molecule has 0 aliphatic carbocycles. The Kier molecular flexibility index (Phi) is 4.24. The van der Waals surface area contributed by atoms with Crippen LogP contribution in [0.1, 0.15) is 38.4 Å². The Morgan fingerprint density at radius 1 is 1.55 bits per heavy atom. The fourth-order valence-electron chi connectivity index (χ4n) is 2.44. The standard InChI is InChI=1S/C15H21N5O2/c1-10(2)13-18-14-12(6-3-7-20(14)19-13)17-15(21)16-9-11-5-4-8-22-11/h3,6-7,10-11H,4-5,8-9H2,1-2H3,(H2,16,17,21)/t11-/m1/s1. The maximum atomic E-state index is 12.0. The van der Waals surface area contributed by atoms with Gasteiger partial charge in [-0.15, -0.1) is 0 Å². The highest BCUT2D eigenvalue weighted by Crippen LogP contribution is 2.18. The number of hydrogen-bond acceptors (Lipinski definition) is 4. The molecule has 3 rings (SSSR count). The van der Waals surface area contributed by atoms with Crippen molar-refractivity contribution in [2.45, 2.75) is 38.7 Å². The second kappa shape index (κ2) is 6.31. The molecule has 7 nitrogen and oxygen atoms in total. The molecule has 1 aliphatic rings. The molecule has 1 aliphatic heterocycles. The third-order valence-corrected chi connectivity index (χ3v) is 3.66. The SMILES string of the molecule is CC(C)c1nc2c(NC(=O)NC[C@H]3CCCO3)cccn2n1. The van der Waals surface area contributed by atoms with Gasteiger partial charge >= 0.3 is 6.03 Å². The maximum Gasteiger partial charge on any atom is 0.319 e.